The highest BCUT2D eigenvalue weighted by Gasteiger charge is 2.39. The summed E-state index contributed by atoms with van der Waals surface area (Å²) in [4.78, 5) is 12.6. The molecule has 1 aliphatic rings. The third kappa shape index (κ3) is 3.21. The summed E-state index contributed by atoms with van der Waals surface area (Å²) in [5.74, 6) is -0.150. The van der Waals surface area contributed by atoms with Crippen LogP contribution in [0, 0.1) is 23.7 Å². The fourth-order valence-electron chi connectivity index (χ4n) is 2.69. The minimum atomic E-state index is -0.856. The molecule has 1 aromatic rings. The molecular formula is C16H19BrN2O. The van der Waals surface area contributed by atoms with Crippen LogP contribution < -0.4 is 5.32 Å². The Bertz CT molecular complexity index is 540. The molecule has 20 heavy (non-hydrogen) atoms. The highest BCUT2D eigenvalue weighted by Crippen LogP contribution is 2.36. The molecule has 2 rings (SSSR count). The van der Waals surface area contributed by atoms with Crippen molar-refractivity contribution in [2.45, 2.75) is 45.4 Å². The van der Waals surface area contributed by atoms with E-state index in [1.165, 1.54) is 0 Å². The van der Waals surface area contributed by atoms with E-state index in [4.69, 9.17) is 0 Å². The second kappa shape index (κ2) is 6.41. The lowest BCUT2D eigenvalue weighted by molar-refractivity contribution is -0.123. The Kier molecular flexibility index (Phi) is 4.82. The first-order valence-corrected chi connectivity index (χ1v) is 7.85. The lowest BCUT2D eigenvalue weighted by Crippen LogP contribution is -2.34. The topological polar surface area (TPSA) is 52.9 Å². The van der Waals surface area contributed by atoms with Crippen LogP contribution in [0.5, 0.6) is 0 Å². The molecule has 0 aromatic heterocycles. The van der Waals surface area contributed by atoms with E-state index in [2.05, 4.69) is 27.3 Å². The number of halogens is 1. The van der Waals surface area contributed by atoms with Gasteiger partial charge in [0.15, 0.2) is 0 Å². The van der Waals surface area contributed by atoms with Gasteiger partial charge in [-0.1, -0.05) is 47.7 Å². The van der Waals surface area contributed by atoms with Crippen LogP contribution in [0.25, 0.3) is 0 Å². The van der Waals surface area contributed by atoms with Crippen molar-refractivity contribution in [3.05, 3.63) is 28.2 Å². The summed E-state index contributed by atoms with van der Waals surface area (Å²) in [5, 5.41) is 12.5. The van der Waals surface area contributed by atoms with Gasteiger partial charge in [0.25, 0.3) is 0 Å². The molecule has 4 heteroatoms. The molecule has 0 bridgehead atoms. The van der Waals surface area contributed by atoms with Gasteiger partial charge in [0, 0.05) is 10.2 Å². The summed E-state index contributed by atoms with van der Waals surface area (Å²) in [6.45, 7) is 1.95. The average Bonchev–Trinajstić information content (AvgIpc) is 2.69. The van der Waals surface area contributed by atoms with Gasteiger partial charge in [0.1, 0.15) is 5.41 Å². The lowest BCUT2D eigenvalue weighted by atomic mass is 9.81. The first-order valence-electron chi connectivity index (χ1n) is 7.06. The molecule has 106 valence electrons. The van der Waals surface area contributed by atoms with Crippen LogP contribution in [-0.2, 0) is 4.79 Å². The van der Waals surface area contributed by atoms with Crippen molar-refractivity contribution in [1.82, 2.24) is 0 Å². The van der Waals surface area contributed by atoms with E-state index in [1.807, 2.05) is 25.1 Å². The Morgan fingerprint density at radius 2 is 1.95 bits per heavy atom. The molecule has 0 unspecified atom stereocenters. The SMILES string of the molecule is Cc1ccc(Br)cc1NC(=O)C1(C#N)CCCCCC1. The van der Waals surface area contributed by atoms with Crippen LogP contribution in [0.3, 0.4) is 0 Å². The molecule has 0 spiro atoms. The molecule has 1 saturated carbocycles. The Morgan fingerprint density at radius 1 is 1.30 bits per heavy atom. The third-order valence-electron chi connectivity index (χ3n) is 4.05. The smallest absolute Gasteiger partial charge is 0.244 e. The summed E-state index contributed by atoms with van der Waals surface area (Å²) < 4.78 is 0.922. The minimum Gasteiger partial charge on any atom is -0.324 e. The summed E-state index contributed by atoms with van der Waals surface area (Å²) in [6, 6.07) is 8.06. The number of amides is 1. The van der Waals surface area contributed by atoms with Crippen molar-refractivity contribution in [3.8, 4) is 6.07 Å². The Labute approximate surface area is 128 Å². The highest BCUT2D eigenvalue weighted by atomic mass is 79.9. The Hall–Kier alpha value is -1.34. The van der Waals surface area contributed by atoms with Gasteiger partial charge in [-0.25, -0.2) is 0 Å². The first kappa shape index (κ1) is 15.1. The van der Waals surface area contributed by atoms with Crippen molar-refractivity contribution in [1.29, 1.82) is 5.26 Å². The van der Waals surface area contributed by atoms with E-state index < -0.39 is 5.41 Å². The van der Waals surface area contributed by atoms with Gasteiger partial charge >= 0.3 is 0 Å². The zero-order valence-corrected chi connectivity index (χ0v) is 13.3. The molecule has 0 aliphatic heterocycles. The highest BCUT2D eigenvalue weighted by molar-refractivity contribution is 9.10. The second-order valence-corrected chi connectivity index (χ2v) is 6.44. The van der Waals surface area contributed by atoms with Crippen molar-refractivity contribution in [2.24, 2.45) is 5.41 Å². The van der Waals surface area contributed by atoms with E-state index in [1.54, 1.807) is 0 Å². The Balaban J connectivity index is 2.21. The van der Waals surface area contributed by atoms with Crippen molar-refractivity contribution in [2.75, 3.05) is 5.32 Å². The van der Waals surface area contributed by atoms with E-state index in [0.29, 0.717) is 12.8 Å². The molecule has 0 saturated heterocycles. The summed E-state index contributed by atoms with van der Waals surface area (Å²) >= 11 is 3.41. The number of aryl methyl sites for hydroxylation is 1. The monoisotopic (exact) mass is 334 g/mol. The number of hydrogen-bond donors (Lipinski definition) is 1. The summed E-state index contributed by atoms with van der Waals surface area (Å²) in [5.41, 5.74) is 0.928. The average molecular weight is 335 g/mol. The quantitative estimate of drug-likeness (QED) is 0.806. The maximum atomic E-state index is 12.6. The molecule has 0 heterocycles. The summed E-state index contributed by atoms with van der Waals surface area (Å²) in [7, 11) is 0. The van der Waals surface area contributed by atoms with E-state index in [9.17, 15) is 10.1 Å². The number of benzene rings is 1. The maximum absolute atomic E-state index is 12.6. The fourth-order valence-corrected chi connectivity index (χ4v) is 3.05. The third-order valence-corrected chi connectivity index (χ3v) is 4.55. The van der Waals surface area contributed by atoms with Gasteiger partial charge in [-0.3, -0.25) is 4.79 Å². The molecule has 1 aliphatic carbocycles. The van der Waals surface area contributed by atoms with Gasteiger partial charge in [-0.05, 0) is 37.5 Å². The minimum absolute atomic E-state index is 0.150. The first-order chi connectivity index (χ1) is 9.57. The molecule has 0 radical (unpaired) electrons. The number of nitrogens with one attached hydrogen (secondary N) is 1. The zero-order valence-electron chi connectivity index (χ0n) is 11.7. The van der Waals surface area contributed by atoms with E-state index in [-0.39, 0.29) is 5.91 Å². The number of carbonyl (C=O) groups is 1. The number of hydrogen-bond acceptors (Lipinski definition) is 2. The van der Waals surface area contributed by atoms with Crippen LogP contribution in [0.15, 0.2) is 22.7 Å². The maximum Gasteiger partial charge on any atom is 0.244 e. The molecule has 0 atom stereocenters. The fraction of sp³-hybridized carbons (Fsp3) is 0.500. The predicted octanol–water partition coefficient (Wildman–Crippen LogP) is 4.56. The van der Waals surface area contributed by atoms with Crippen LogP contribution in [0.1, 0.15) is 44.1 Å². The van der Waals surface area contributed by atoms with Gasteiger partial charge in [0.2, 0.25) is 5.91 Å². The van der Waals surface area contributed by atoms with Gasteiger partial charge in [-0.2, -0.15) is 5.26 Å². The van der Waals surface area contributed by atoms with Gasteiger partial charge in [-0.15, -0.1) is 0 Å². The Morgan fingerprint density at radius 3 is 2.55 bits per heavy atom. The van der Waals surface area contributed by atoms with E-state index >= 15 is 0 Å². The molecule has 1 fully saturated rings. The van der Waals surface area contributed by atoms with Crippen molar-refractivity contribution in [3.63, 3.8) is 0 Å². The zero-order chi connectivity index (χ0) is 14.6. The van der Waals surface area contributed by atoms with Gasteiger partial charge < -0.3 is 5.32 Å². The molecule has 1 N–H and O–H groups in total. The number of nitriles is 1. The van der Waals surface area contributed by atoms with Gasteiger partial charge in [0.05, 0.1) is 6.07 Å². The normalized spacial score (nSPS) is 17.9. The number of rotatable bonds is 2. The van der Waals surface area contributed by atoms with Crippen LogP contribution in [0.2, 0.25) is 0 Å². The van der Waals surface area contributed by atoms with Crippen LogP contribution in [-0.4, -0.2) is 5.91 Å². The summed E-state index contributed by atoms with van der Waals surface area (Å²) in [6.07, 6.45) is 5.49. The molecular weight excluding hydrogens is 316 g/mol. The number of anilines is 1. The number of nitrogens with zero attached hydrogens (tertiary/aromatic N) is 1. The molecule has 1 amide bonds. The van der Waals surface area contributed by atoms with Crippen molar-refractivity contribution >= 4 is 27.5 Å². The molecule has 1 aromatic carbocycles. The lowest BCUT2D eigenvalue weighted by Gasteiger charge is -2.24. The largest absolute Gasteiger partial charge is 0.324 e. The van der Waals surface area contributed by atoms with Crippen LogP contribution in [0.4, 0.5) is 5.69 Å². The van der Waals surface area contributed by atoms with E-state index in [0.717, 1.165) is 41.4 Å². The molecule has 3 nitrogen and oxygen atoms in total. The van der Waals surface area contributed by atoms with Crippen molar-refractivity contribution < 1.29 is 4.79 Å². The standard InChI is InChI=1S/C16H19BrN2O/c1-12-6-7-13(17)10-14(12)19-15(20)16(11-18)8-4-2-3-5-9-16/h6-7,10H,2-5,8-9H2,1H3,(H,19,20). The number of carbonyl (C=O) groups excluding carboxylic acids is 1. The van der Waals surface area contributed by atoms with Crippen LogP contribution >= 0.6 is 15.9 Å². The predicted molar refractivity (Wildman–Crippen MR) is 83.3 cm³/mol. The second-order valence-electron chi connectivity index (χ2n) is 5.52.